The third-order valence-corrected chi connectivity index (χ3v) is 4.84. The summed E-state index contributed by atoms with van der Waals surface area (Å²) in [6, 6.07) is 20.7. The maximum atomic E-state index is 10.5. The summed E-state index contributed by atoms with van der Waals surface area (Å²) >= 11 is 0. The third-order valence-electron chi connectivity index (χ3n) is 4.84. The van der Waals surface area contributed by atoms with Crippen LogP contribution in [-0.2, 0) is 0 Å². The average molecular weight is 517 g/mol. The van der Waals surface area contributed by atoms with Gasteiger partial charge in [0.2, 0.25) is 0 Å². The van der Waals surface area contributed by atoms with Gasteiger partial charge in [0.25, 0.3) is 0 Å². The summed E-state index contributed by atoms with van der Waals surface area (Å²) in [5.74, 6) is -0.400. The summed E-state index contributed by atoms with van der Waals surface area (Å²) in [5, 5.41) is 17.2. The third kappa shape index (κ3) is 10.9. The molecule has 0 saturated carbocycles. The van der Waals surface area contributed by atoms with Crippen molar-refractivity contribution in [2.24, 2.45) is 0 Å². The monoisotopic (exact) mass is 516 g/mol. The highest BCUT2D eigenvalue weighted by Crippen LogP contribution is 2.16. The average Bonchev–Trinajstić information content (AvgIpc) is 2.97. The Morgan fingerprint density at radius 2 is 0.895 bits per heavy atom. The maximum Gasteiger partial charge on any atom is 0.335 e. The van der Waals surface area contributed by atoms with Crippen LogP contribution in [0.15, 0.2) is 97.6 Å². The zero-order chi connectivity index (χ0) is 27.6. The van der Waals surface area contributed by atoms with Crippen molar-refractivity contribution in [2.45, 2.75) is 26.7 Å². The molecule has 0 aliphatic heterocycles. The molecule has 0 bridgehead atoms. The molecule has 8 heteroatoms. The highest BCUT2D eigenvalue weighted by atomic mass is 16.5. The molecule has 198 valence electrons. The molecule has 2 aromatic heterocycles. The Balaban J connectivity index is 0.000000200. The van der Waals surface area contributed by atoms with E-state index in [0.29, 0.717) is 24.7 Å². The summed E-state index contributed by atoms with van der Waals surface area (Å²) in [6.07, 6.45) is 9.04. The van der Waals surface area contributed by atoms with Crippen LogP contribution < -0.4 is 9.47 Å². The Morgan fingerprint density at radius 1 is 0.579 bits per heavy atom. The van der Waals surface area contributed by atoms with Crippen LogP contribution in [0, 0.1) is 0 Å². The fourth-order valence-corrected chi connectivity index (χ4v) is 2.92. The van der Waals surface area contributed by atoms with Crippen molar-refractivity contribution in [2.75, 3.05) is 13.2 Å². The summed E-state index contributed by atoms with van der Waals surface area (Å²) in [5.41, 5.74) is 2.91. The van der Waals surface area contributed by atoms with E-state index in [1.807, 2.05) is 38.1 Å². The molecule has 0 atom stereocenters. The van der Waals surface area contributed by atoms with Crippen molar-refractivity contribution in [3.8, 4) is 22.6 Å². The molecule has 0 aliphatic carbocycles. The van der Waals surface area contributed by atoms with Crippen LogP contribution in [0.2, 0.25) is 0 Å². The fraction of sp³-hybridized carbons (Fsp3) is 0.200. The number of rotatable bonds is 9. The smallest absolute Gasteiger partial charge is 0.335 e. The number of ether oxygens (including phenoxy) is 2. The van der Waals surface area contributed by atoms with Gasteiger partial charge in [0, 0.05) is 24.8 Å². The van der Waals surface area contributed by atoms with Crippen molar-refractivity contribution in [3.63, 3.8) is 0 Å². The summed E-state index contributed by atoms with van der Waals surface area (Å²) < 4.78 is 10.6. The molecule has 2 heterocycles. The first kappa shape index (κ1) is 29.5. The normalized spacial score (nSPS) is 9.63. The van der Waals surface area contributed by atoms with Crippen LogP contribution in [0.4, 0.5) is 0 Å². The maximum absolute atomic E-state index is 10.5. The van der Waals surface area contributed by atoms with Gasteiger partial charge in [-0.05, 0) is 96.8 Å². The van der Waals surface area contributed by atoms with E-state index in [1.54, 1.807) is 49.1 Å². The highest BCUT2D eigenvalue weighted by molar-refractivity contribution is 5.88. The van der Waals surface area contributed by atoms with Crippen LogP contribution >= 0.6 is 0 Å². The van der Waals surface area contributed by atoms with E-state index in [2.05, 4.69) is 9.97 Å². The first-order valence-corrected chi connectivity index (χ1v) is 12.2. The van der Waals surface area contributed by atoms with E-state index in [9.17, 15) is 9.59 Å². The number of hydrogen-bond donors (Lipinski definition) is 2. The molecule has 4 aromatic rings. The molecule has 0 unspecified atom stereocenters. The summed E-state index contributed by atoms with van der Waals surface area (Å²) in [6.45, 7) is 5.36. The van der Waals surface area contributed by atoms with Crippen LogP contribution in [-0.4, -0.2) is 45.3 Å². The van der Waals surface area contributed by atoms with E-state index in [-0.39, 0.29) is 11.1 Å². The number of pyridine rings is 2. The number of aromatic nitrogens is 2. The molecule has 0 spiro atoms. The number of nitrogens with zero attached hydrogens (tertiary/aromatic N) is 2. The van der Waals surface area contributed by atoms with Crippen LogP contribution in [0.3, 0.4) is 0 Å². The predicted molar refractivity (Wildman–Crippen MR) is 146 cm³/mol. The molecule has 38 heavy (non-hydrogen) atoms. The number of carboxylic acids is 2. The van der Waals surface area contributed by atoms with Gasteiger partial charge in [0.05, 0.1) is 24.3 Å². The van der Waals surface area contributed by atoms with Crippen molar-refractivity contribution in [3.05, 3.63) is 109 Å². The standard InChI is InChI=1S/C10H8N2.2C10H12O3/c1-5-11-6-2-9(1)10-3-7-12-8-4-10;2*1-2-7-13-9-5-3-8(4-6-9)10(11)12/h1-8H;2*3-6H,2,7H2,1H3,(H,11,12). The van der Waals surface area contributed by atoms with Gasteiger partial charge < -0.3 is 19.7 Å². The van der Waals surface area contributed by atoms with E-state index in [4.69, 9.17) is 19.7 Å². The second-order valence-electron chi connectivity index (χ2n) is 7.83. The Kier molecular flexibility index (Phi) is 13.1. The number of hydrogen-bond acceptors (Lipinski definition) is 6. The molecule has 2 aromatic carbocycles. The number of benzene rings is 2. The Labute approximate surface area is 222 Å². The van der Waals surface area contributed by atoms with Crippen LogP contribution in [0.5, 0.6) is 11.5 Å². The van der Waals surface area contributed by atoms with Crippen molar-refractivity contribution in [1.82, 2.24) is 9.97 Å². The van der Waals surface area contributed by atoms with E-state index >= 15 is 0 Å². The SMILES string of the molecule is CCCOc1ccc(C(=O)O)cc1.CCCOc1ccc(C(=O)O)cc1.c1cc(-c2ccncc2)ccn1. The largest absolute Gasteiger partial charge is 0.494 e. The van der Waals surface area contributed by atoms with Gasteiger partial charge in [-0.1, -0.05) is 13.8 Å². The fourth-order valence-electron chi connectivity index (χ4n) is 2.92. The summed E-state index contributed by atoms with van der Waals surface area (Å²) in [7, 11) is 0. The molecule has 2 N–H and O–H groups in total. The first-order valence-electron chi connectivity index (χ1n) is 12.2. The van der Waals surface area contributed by atoms with Crippen LogP contribution in [0.1, 0.15) is 47.4 Å². The van der Waals surface area contributed by atoms with Gasteiger partial charge >= 0.3 is 11.9 Å². The van der Waals surface area contributed by atoms with Gasteiger partial charge in [-0.3, -0.25) is 9.97 Å². The molecule has 0 amide bonds. The lowest BCUT2D eigenvalue weighted by Crippen LogP contribution is -1.97. The first-order chi connectivity index (χ1) is 18.4. The molecule has 0 fully saturated rings. The molecule has 8 nitrogen and oxygen atoms in total. The second kappa shape index (κ2) is 16.9. The van der Waals surface area contributed by atoms with E-state index in [0.717, 1.165) is 12.8 Å². The lowest BCUT2D eigenvalue weighted by Gasteiger charge is -2.03. The molecular weight excluding hydrogens is 484 g/mol. The molecular formula is C30H32N2O6. The zero-order valence-electron chi connectivity index (χ0n) is 21.5. The van der Waals surface area contributed by atoms with Gasteiger partial charge in [0.1, 0.15) is 11.5 Å². The Hall–Kier alpha value is -4.72. The zero-order valence-corrected chi connectivity index (χ0v) is 21.5. The Bertz CT molecular complexity index is 1120. The molecule has 4 rings (SSSR count). The quantitative estimate of drug-likeness (QED) is 0.259. The minimum absolute atomic E-state index is 0.281. The number of aromatic carboxylic acids is 2. The minimum atomic E-state index is -0.915. The lowest BCUT2D eigenvalue weighted by atomic mass is 10.1. The second-order valence-corrected chi connectivity index (χ2v) is 7.83. The van der Waals surface area contributed by atoms with Crippen molar-refractivity contribution >= 4 is 11.9 Å². The van der Waals surface area contributed by atoms with Crippen LogP contribution in [0.25, 0.3) is 11.1 Å². The van der Waals surface area contributed by atoms with Crippen molar-refractivity contribution < 1.29 is 29.3 Å². The number of carboxylic acid groups (broad SMARTS) is 2. The lowest BCUT2D eigenvalue weighted by molar-refractivity contribution is 0.0686. The minimum Gasteiger partial charge on any atom is -0.494 e. The summed E-state index contributed by atoms with van der Waals surface area (Å²) in [4.78, 5) is 28.9. The predicted octanol–water partition coefficient (Wildman–Crippen LogP) is 6.49. The molecule has 0 radical (unpaired) electrons. The highest BCUT2D eigenvalue weighted by Gasteiger charge is 2.02. The van der Waals surface area contributed by atoms with E-state index < -0.39 is 11.9 Å². The number of carbonyl (C=O) groups is 2. The molecule has 0 aliphatic rings. The van der Waals surface area contributed by atoms with Gasteiger partial charge in [-0.15, -0.1) is 0 Å². The van der Waals surface area contributed by atoms with Gasteiger partial charge in [-0.2, -0.15) is 0 Å². The Morgan fingerprint density at radius 3 is 1.16 bits per heavy atom. The molecule has 0 saturated heterocycles. The van der Waals surface area contributed by atoms with Gasteiger partial charge in [-0.25, -0.2) is 9.59 Å². The van der Waals surface area contributed by atoms with E-state index in [1.165, 1.54) is 35.4 Å². The topological polar surface area (TPSA) is 119 Å². The van der Waals surface area contributed by atoms with Crippen molar-refractivity contribution in [1.29, 1.82) is 0 Å². The van der Waals surface area contributed by atoms with Gasteiger partial charge in [0.15, 0.2) is 0 Å².